The number of pyridine rings is 1. The fraction of sp³-hybridized carbons (Fsp3) is 0.304. The lowest BCUT2D eigenvalue weighted by atomic mass is 9.80. The van der Waals surface area contributed by atoms with Crippen LogP contribution in [0.5, 0.6) is 0 Å². The van der Waals surface area contributed by atoms with Crippen LogP contribution in [-0.4, -0.2) is 16.9 Å². The zero-order valence-electron chi connectivity index (χ0n) is 15.2. The van der Waals surface area contributed by atoms with Crippen LogP contribution in [0.3, 0.4) is 0 Å². The van der Waals surface area contributed by atoms with Crippen molar-refractivity contribution in [2.45, 2.75) is 44.1 Å². The van der Waals surface area contributed by atoms with Gasteiger partial charge in [-0.2, -0.15) is 0 Å². The van der Waals surface area contributed by atoms with Crippen molar-refractivity contribution in [3.8, 4) is 0 Å². The van der Waals surface area contributed by atoms with E-state index in [-0.39, 0.29) is 17.8 Å². The first-order valence-corrected chi connectivity index (χ1v) is 9.56. The van der Waals surface area contributed by atoms with Crippen molar-refractivity contribution in [3.63, 3.8) is 0 Å². The lowest BCUT2D eigenvalue weighted by Crippen LogP contribution is -2.38. The van der Waals surface area contributed by atoms with Crippen molar-refractivity contribution in [1.29, 1.82) is 0 Å². The lowest BCUT2D eigenvalue weighted by Gasteiger charge is -2.30. The predicted molar refractivity (Wildman–Crippen MR) is 105 cm³/mol. The SMILES string of the molecule is O=C(Cc1ccccc1)N[C@H]1CC[C@H](c2ccnc3ccc(F)cc32)CC1. The van der Waals surface area contributed by atoms with Crippen LogP contribution in [0.2, 0.25) is 0 Å². The van der Waals surface area contributed by atoms with Gasteiger partial charge in [0.15, 0.2) is 0 Å². The summed E-state index contributed by atoms with van der Waals surface area (Å²) >= 11 is 0. The summed E-state index contributed by atoms with van der Waals surface area (Å²) in [6.07, 6.45) is 6.12. The number of aromatic nitrogens is 1. The molecular weight excluding hydrogens is 339 g/mol. The number of nitrogens with zero attached hydrogens (tertiary/aromatic N) is 1. The minimum atomic E-state index is -0.224. The Kier molecular flexibility index (Phi) is 5.14. The van der Waals surface area contributed by atoms with Crippen LogP contribution in [0.1, 0.15) is 42.7 Å². The molecule has 1 saturated carbocycles. The summed E-state index contributed by atoms with van der Waals surface area (Å²) in [4.78, 5) is 16.6. The number of hydrogen-bond donors (Lipinski definition) is 1. The molecule has 0 aliphatic heterocycles. The number of rotatable bonds is 4. The number of amides is 1. The number of fused-ring (bicyclic) bond motifs is 1. The van der Waals surface area contributed by atoms with Gasteiger partial charge in [-0.15, -0.1) is 0 Å². The highest BCUT2D eigenvalue weighted by atomic mass is 19.1. The summed E-state index contributed by atoms with van der Waals surface area (Å²) in [7, 11) is 0. The number of carbonyl (C=O) groups excluding carboxylic acids is 1. The Balaban J connectivity index is 1.38. The van der Waals surface area contributed by atoms with E-state index < -0.39 is 0 Å². The van der Waals surface area contributed by atoms with Crippen LogP contribution in [-0.2, 0) is 11.2 Å². The molecule has 2 aromatic carbocycles. The van der Waals surface area contributed by atoms with E-state index in [1.165, 1.54) is 11.6 Å². The first-order chi connectivity index (χ1) is 13.2. The highest BCUT2D eigenvalue weighted by molar-refractivity contribution is 5.82. The molecule has 1 aliphatic carbocycles. The Morgan fingerprint density at radius 1 is 1.04 bits per heavy atom. The molecule has 1 heterocycles. The van der Waals surface area contributed by atoms with Gasteiger partial charge in [0, 0.05) is 17.6 Å². The molecule has 0 bridgehead atoms. The quantitative estimate of drug-likeness (QED) is 0.727. The zero-order chi connectivity index (χ0) is 18.6. The van der Waals surface area contributed by atoms with Crippen molar-refractivity contribution >= 4 is 16.8 Å². The highest BCUT2D eigenvalue weighted by Crippen LogP contribution is 2.36. The third-order valence-corrected chi connectivity index (χ3v) is 5.48. The molecule has 1 fully saturated rings. The Morgan fingerprint density at radius 3 is 2.59 bits per heavy atom. The topological polar surface area (TPSA) is 42.0 Å². The van der Waals surface area contributed by atoms with Gasteiger partial charge in [0.2, 0.25) is 5.91 Å². The van der Waals surface area contributed by atoms with Gasteiger partial charge < -0.3 is 5.32 Å². The van der Waals surface area contributed by atoms with Gasteiger partial charge in [0.25, 0.3) is 0 Å². The zero-order valence-corrected chi connectivity index (χ0v) is 15.2. The fourth-order valence-corrected chi connectivity index (χ4v) is 4.10. The number of benzene rings is 2. The van der Waals surface area contributed by atoms with Crippen molar-refractivity contribution < 1.29 is 9.18 Å². The second-order valence-electron chi connectivity index (χ2n) is 7.34. The van der Waals surface area contributed by atoms with Crippen molar-refractivity contribution in [1.82, 2.24) is 10.3 Å². The summed E-state index contributed by atoms with van der Waals surface area (Å²) in [5.41, 5.74) is 3.05. The van der Waals surface area contributed by atoms with Crippen molar-refractivity contribution in [2.24, 2.45) is 0 Å². The summed E-state index contributed by atoms with van der Waals surface area (Å²) < 4.78 is 13.7. The lowest BCUT2D eigenvalue weighted by molar-refractivity contribution is -0.121. The minimum Gasteiger partial charge on any atom is -0.353 e. The molecule has 1 amide bonds. The van der Waals surface area contributed by atoms with E-state index in [0.29, 0.717) is 12.3 Å². The predicted octanol–water partition coefficient (Wildman–Crippen LogP) is 4.76. The molecule has 0 unspecified atom stereocenters. The minimum absolute atomic E-state index is 0.0843. The first kappa shape index (κ1) is 17.7. The standard InChI is InChI=1S/C23H23FN2O/c24-18-8-11-22-21(15-18)20(12-13-25-22)17-6-9-19(10-7-17)26-23(27)14-16-4-2-1-3-5-16/h1-5,8,11-13,15,17,19H,6-7,9-10,14H2,(H,26,27)/t17-,19-. The van der Waals surface area contributed by atoms with Gasteiger partial charge in [-0.05, 0) is 67.0 Å². The van der Waals surface area contributed by atoms with Crippen molar-refractivity contribution in [3.05, 3.63) is 77.7 Å². The molecule has 27 heavy (non-hydrogen) atoms. The molecule has 1 N–H and O–H groups in total. The van der Waals surface area contributed by atoms with E-state index >= 15 is 0 Å². The largest absolute Gasteiger partial charge is 0.353 e. The van der Waals surface area contributed by atoms with Crippen LogP contribution >= 0.6 is 0 Å². The van der Waals surface area contributed by atoms with Gasteiger partial charge in [-0.1, -0.05) is 30.3 Å². The summed E-state index contributed by atoms with van der Waals surface area (Å²) in [6, 6.07) is 16.8. The molecule has 3 nitrogen and oxygen atoms in total. The Labute approximate surface area is 158 Å². The second kappa shape index (κ2) is 7.87. The smallest absolute Gasteiger partial charge is 0.224 e. The maximum absolute atomic E-state index is 13.7. The molecule has 0 saturated heterocycles. The van der Waals surface area contributed by atoms with Gasteiger partial charge in [0.05, 0.1) is 11.9 Å². The van der Waals surface area contributed by atoms with Crippen molar-refractivity contribution in [2.75, 3.05) is 0 Å². The number of nitrogens with one attached hydrogen (secondary N) is 1. The normalized spacial score (nSPS) is 19.7. The van der Waals surface area contributed by atoms with Crippen LogP contribution in [0.4, 0.5) is 4.39 Å². The van der Waals surface area contributed by atoms with E-state index in [9.17, 15) is 9.18 Å². The molecule has 4 rings (SSSR count). The monoisotopic (exact) mass is 362 g/mol. The van der Waals surface area contributed by atoms with E-state index in [0.717, 1.165) is 42.1 Å². The van der Waals surface area contributed by atoms with Gasteiger partial charge >= 0.3 is 0 Å². The Hall–Kier alpha value is -2.75. The molecule has 1 aliphatic rings. The highest BCUT2D eigenvalue weighted by Gasteiger charge is 2.24. The van der Waals surface area contributed by atoms with Crippen LogP contribution in [0.25, 0.3) is 10.9 Å². The second-order valence-corrected chi connectivity index (χ2v) is 7.34. The molecule has 1 aromatic heterocycles. The maximum atomic E-state index is 13.7. The Bertz CT molecular complexity index is 934. The van der Waals surface area contributed by atoms with E-state index in [4.69, 9.17) is 0 Å². The van der Waals surface area contributed by atoms with Crippen LogP contribution < -0.4 is 5.32 Å². The van der Waals surface area contributed by atoms with E-state index in [2.05, 4.69) is 10.3 Å². The number of carbonyl (C=O) groups is 1. The van der Waals surface area contributed by atoms with Gasteiger partial charge in [-0.25, -0.2) is 4.39 Å². The molecule has 3 aromatic rings. The average Bonchev–Trinajstić information content (AvgIpc) is 2.69. The maximum Gasteiger partial charge on any atom is 0.224 e. The first-order valence-electron chi connectivity index (χ1n) is 9.56. The number of hydrogen-bond acceptors (Lipinski definition) is 2. The average molecular weight is 362 g/mol. The van der Waals surface area contributed by atoms with Crippen LogP contribution in [0.15, 0.2) is 60.8 Å². The molecule has 4 heteroatoms. The summed E-state index contributed by atoms with van der Waals surface area (Å²) in [5, 5.41) is 4.09. The Morgan fingerprint density at radius 2 is 1.81 bits per heavy atom. The molecular formula is C23H23FN2O. The fourth-order valence-electron chi connectivity index (χ4n) is 4.10. The molecule has 0 spiro atoms. The van der Waals surface area contributed by atoms with Gasteiger partial charge in [0.1, 0.15) is 5.82 Å². The summed E-state index contributed by atoms with van der Waals surface area (Å²) in [6.45, 7) is 0. The molecule has 0 radical (unpaired) electrons. The number of halogens is 1. The van der Waals surface area contributed by atoms with Gasteiger partial charge in [-0.3, -0.25) is 9.78 Å². The van der Waals surface area contributed by atoms with E-state index in [1.54, 1.807) is 12.1 Å². The van der Waals surface area contributed by atoms with E-state index in [1.807, 2.05) is 42.6 Å². The molecule has 0 atom stereocenters. The third kappa shape index (κ3) is 4.16. The third-order valence-electron chi connectivity index (χ3n) is 5.48. The molecule has 138 valence electrons. The van der Waals surface area contributed by atoms with Crippen LogP contribution in [0, 0.1) is 5.82 Å². The summed E-state index contributed by atoms with van der Waals surface area (Å²) in [5.74, 6) is 0.249.